The molecule has 0 aliphatic carbocycles. The molecular weight excluding hydrogens is 229 g/mol. The van der Waals surface area contributed by atoms with Crippen LogP contribution < -0.4 is 5.73 Å². The lowest BCUT2D eigenvalue weighted by Gasteiger charge is -2.00. The Bertz CT molecular complexity index is 480. The molecule has 84 valence electrons. The van der Waals surface area contributed by atoms with Gasteiger partial charge in [-0.1, -0.05) is 11.8 Å². The largest absolute Gasteiger partial charge is 0.416 e. The van der Waals surface area contributed by atoms with Crippen LogP contribution in [0.15, 0.2) is 27.8 Å². The smallest absolute Gasteiger partial charge is 0.276 e. The Labute approximate surface area is 96.0 Å². The van der Waals surface area contributed by atoms with Gasteiger partial charge in [0.15, 0.2) is 0 Å². The molecular formula is C10H10FN3OS. The fourth-order valence-corrected chi connectivity index (χ4v) is 1.98. The van der Waals surface area contributed by atoms with Crippen LogP contribution in [0.25, 0.3) is 0 Å². The number of nitrogens with zero attached hydrogens (tertiary/aromatic N) is 2. The minimum absolute atomic E-state index is 0.336. The van der Waals surface area contributed by atoms with Gasteiger partial charge >= 0.3 is 0 Å². The van der Waals surface area contributed by atoms with Crippen LogP contribution in [0.5, 0.6) is 0 Å². The Morgan fingerprint density at radius 2 is 2.19 bits per heavy atom. The van der Waals surface area contributed by atoms with Crippen molar-refractivity contribution < 1.29 is 8.81 Å². The van der Waals surface area contributed by atoms with E-state index in [9.17, 15) is 4.39 Å². The molecule has 1 aromatic carbocycles. The van der Waals surface area contributed by atoms with Crippen molar-refractivity contribution in [1.29, 1.82) is 0 Å². The van der Waals surface area contributed by atoms with Crippen LogP contribution in [0.1, 0.15) is 11.5 Å². The number of aryl methyl sites for hydroxylation is 1. The first-order valence-electron chi connectivity index (χ1n) is 4.61. The first kappa shape index (κ1) is 10.9. The van der Waals surface area contributed by atoms with Gasteiger partial charge in [0.05, 0.1) is 0 Å². The molecule has 2 rings (SSSR count). The van der Waals surface area contributed by atoms with Gasteiger partial charge in [-0.3, -0.25) is 0 Å². The molecule has 16 heavy (non-hydrogen) atoms. The summed E-state index contributed by atoms with van der Waals surface area (Å²) >= 11 is 1.35. The number of anilines is 1. The van der Waals surface area contributed by atoms with Crippen molar-refractivity contribution in [3.05, 3.63) is 35.5 Å². The van der Waals surface area contributed by atoms with E-state index in [0.717, 1.165) is 5.56 Å². The van der Waals surface area contributed by atoms with Gasteiger partial charge in [0, 0.05) is 18.4 Å². The van der Waals surface area contributed by atoms with Crippen LogP contribution in [0.3, 0.4) is 0 Å². The van der Waals surface area contributed by atoms with E-state index in [1.54, 1.807) is 13.0 Å². The van der Waals surface area contributed by atoms with Crippen LogP contribution in [-0.2, 0) is 5.75 Å². The molecule has 4 nitrogen and oxygen atoms in total. The molecule has 0 unspecified atom stereocenters. The summed E-state index contributed by atoms with van der Waals surface area (Å²) in [5.41, 5.74) is 6.74. The van der Waals surface area contributed by atoms with E-state index in [1.165, 1.54) is 23.9 Å². The highest BCUT2D eigenvalue weighted by Gasteiger charge is 2.05. The van der Waals surface area contributed by atoms with Gasteiger partial charge < -0.3 is 10.2 Å². The number of nitrogens with two attached hydrogens (primary N) is 1. The number of hydrogen-bond acceptors (Lipinski definition) is 5. The summed E-state index contributed by atoms with van der Waals surface area (Å²) in [5.74, 6) is 0.724. The van der Waals surface area contributed by atoms with E-state index >= 15 is 0 Å². The molecule has 0 saturated heterocycles. The second-order valence-electron chi connectivity index (χ2n) is 3.27. The van der Waals surface area contributed by atoms with E-state index in [2.05, 4.69) is 10.2 Å². The van der Waals surface area contributed by atoms with Crippen molar-refractivity contribution in [2.75, 3.05) is 5.73 Å². The summed E-state index contributed by atoms with van der Waals surface area (Å²) in [5, 5.41) is 8.00. The number of rotatable bonds is 3. The van der Waals surface area contributed by atoms with Crippen molar-refractivity contribution in [2.24, 2.45) is 0 Å². The van der Waals surface area contributed by atoms with Gasteiger partial charge in [0.2, 0.25) is 5.89 Å². The quantitative estimate of drug-likeness (QED) is 0.658. The van der Waals surface area contributed by atoms with Crippen molar-refractivity contribution in [3.63, 3.8) is 0 Å². The standard InChI is InChI=1S/C10H10FN3OS/c1-6-13-14-10(15-6)16-5-7-2-8(11)4-9(12)3-7/h2-4H,5,12H2,1H3. The zero-order chi connectivity index (χ0) is 11.5. The molecule has 0 atom stereocenters. The zero-order valence-electron chi connectivity index (χ0n) is 8.61. The van der Waals surface area contributed by atoms with E-state index in [0.29, 0.717) is 22.6 Å². The molecule has 0 spiro atoms. The van der Waals surface area contributed by atoms with Gasteiger partial charge in [-0.05, 0) is 23.8 Å². The molecule has 0 saturated carbocycles. The number of aromatic nitrogens is 2. The lowest BCUT2D eigenvalue weighted by Crippen LogP contribution is -1.90. The van der Waals surface area contributed by atoms with Crippen molar-refractivity contribution >= 4 is 17.4 Å². The van der Waals surface area contributed by atoms with Crippen LogP contribution in [-0.4, -0.2) is 10.2 Å². The average Bonchev–Trinajstić information content (AvgIpc) is 2.60. The molecule has 0 fully saturated rings. The number of benzene rings is 1. The predicted molar refractivity (Wildman–Crippen MR) is 59.4 cm³/mol. The summed E-state index contributed by atoms with van der Waals surface area (Å²) in [7, 11) is 0. The van der Waals surface area contributed by atoms with Gasteiger partial charge in [0.1, 0.15) is 5.82 Å². The van der Waals surface area contributed by atoms with Crippen molar-refractivity contribution in [2.45, 2.75) is 17.9 Å². The lowest BCUT2D eigenvalue weighted by molar-refractivity contribution is 0.429. The second-order valence-corrected chi connectivity index (χ2v) is 4.20. The second kappa shape index (κ2) is 4.52. The fourth-order valence-electron chi connectivity index (χ4n) is 1.24. The third-order valence-corrected chi connectivity index (χ3v) is 2.74. The van der Waals surface area contributed by atoms with Gasteiger partial charge in [-0.2, -0.15) is 0 Å². The topological polar surface area (TPSA) is 64.9 Å². The number of hydrogen-bond donors (Lipinski definition) is 1. The van der Waals surface area contributed by atoms with Crippen molar-refractivity contribution in [1.82, 2.24) is 10.2 Å². The SMILES string of the molecule is Cc1nnc(SCc2cc(N)cc(F)c2)o1. The van der Waals surface area contributed by atoms with Crippen LogP contribution in [0.4, 0.5) is 10.1 Å². The van der Waals surface area contributed by atoms with Gasteiger partial charge in [-0.15, -0.1) is 10.2 Å². The fraction of sp³-hybridized carbons (Fsp3) is 0.200. The summed E-state index contributed by atoms with van der Waals surface area (Å²) in [6, 6.07) is 4.44. The molecule has 0 bridgehead atoms. The molecule has 0 aliphatic rings. The number of thioether (sulfide) groups is 1. The van der Waals surface area contributed by atoms with Gasteiger partial charge in [-0.25, -0.2) is 4.39 Å². The van der Waals surface area contributed by atoms with Gasteiger partial charge in [0.25, 0.3) is 5.22 Å². The minimum Gasteiger partial charge on any atom is -0.416 e. The first-order valence-corrected chi connectivity index (χ1v) is 5.60. The monoisotopic (exact) mass is 239 g/mol. The normalized spacial score (nSPS) is 10.6. The zero-order valence-corrected chi connectivity index (χ0v) is 9.42. The minimum atomic E-state index is -0.336. The van der Waals surface area contributed by atoms with Crippen LogP contribution in [0.2, 0.25) is 0 Å². The van der Waals surface area contributed by atoms with Crippen LogP contribution >= 0.6 is 11.8 Å². The maximum Gasteiger partial charge on any atom is 0.276 e. The summed E-state index contributed by atoms with van der Waals surface area (Å²) in [6.45, 7) is 1.72. The summed E-state index contributed by atoms with van der Waals surface area (Å²) < 4.78 is 18.2. The van der Waals surface area contributed by atoms with E-state index in [4.69, 9.17) is 10.2 Å². The highest BCUT2D eigenvalue weighted by Crippen LogP contribution is 2.22. The average molecular weight is 239 g/mol. The van der Waals surface area contributed by atoms with E-state index in [1.807, 2.05) is 0 Å². The molecule has 0 radical (unpaired) electrons. The molecule has 2 aromatic rings. The highest BCUT2D eigenvalue weighted by molar-refractivity contribution is 7.98. The maximum atomic E-state index is 13.0. The van der Waals surface area contributed by atoms with E-state index in [-0.39, 0.29) is 5.82 Å². The molecule has 0 aliphatic heterocycles. The maximum absolute atomic E-state index is 13.0. The molecule has 1 heterocycles. The molecule has 1 aromatic heterocycles. The summed E-state index contributed by atoms with van der Waals surface area (Å²) in [6.07, 6.45) is 0. The Morgan fingerprint density at radius 1 is 1.38 bits per heavy atom. The number of nitrogen functional groups attached to an aromatic ring is 1. The Hall–Kier alpha value is -1.56. The Balaban J connectivity index is 2.04. The van der Waals surface area contributed by atoms with Crippen LogP contribution in [0, 0.1) is 12.7 Å². The summed E-state index contributed by atoms with van der Waals surface area (Å²) in [4.78, 5) is 0. The highest BCUT2D eigenvalue weighted by atomic mass is 32.2. The molecule has 6 heteroatoms. The third kappa shape index (κ3) is 2.73. The Morgan fingerprint density at radius 3 is 2.81 bits per heavy atom. The Kier molecular flexibility index (Phi) is 3.09. The molecule has 0 amide bonds. The molecule has 2 N–H and O–H groups in total. The third-order valence-electron chi connectivity index (χ3n) is 1.85. The number of halogens is 1. The van der Waals surface area contributed by atoms with Crippen molar-refractivity contribution in [3.8, 4) is 0 Å². The lowest BCUT2D eigenvalue weighted by atomic mass is 10.2. The van der Waals surface area contributed by atoms with E-state index < -0.39 is 0 Å². The predicted octanol–water partition coefficient (Wildman–Crippen LogP) is 2.39. The first-order chi connectivity index (χ1) is 7.63.